The number of nitriles is 1. The van der Waals surface area contributed by atoms with Crippen molar-refractivity contribution in [3.63, 3.8) is 0 Å². The Morgan fingerprint density at radius 3 is 2.74 bits per heavy atom. The number of nitrogens with one attached hydrogen (secondary N) is 1. The van der Waals surface area contributed by atoms with E-state index < -0.39 is 11.7 Å². The number of anilines is 1. The highest BCUT2D eigenvalue weighted by Crippen LogP contribution is 2.28. The maximum absolute atomic E-state index is 13.8. The summed E-state index contributed by atoms with van der Waals surface area (Å²) in [4.78, 5) is 30.0. The highest BCUT2D eigenvalue weighted by molar-refractivity contribution is 6.06. The number of hydrogen-bond acceptors (Lipinski definition) is 3. The second-order valence-electron chi connectivity index (χ2n) is 7.36. The summed E-state index contributed by atoms with van der Waals surface area (Å²) in [6.07, 6.45) is 1.45. The average molecular weight is 414 g/mol. The Morgan fingerprint density at radius 1 is 1.19 bits per heavy atom. The second kappa shape index (κ2) is 7.92. The fraction of sp³-hybridized carbons (Fsp3) is 0.125. The molecule has 1 amide bonds. The number of pyridine rings is 1. The largest absolute Gasteiger partial charge is 0.359 e. The first-order chi connectivity index (χ1) is 14.9. The van der Waals surface area contributed by atoms with Gasteiger partial charge in [0.25, 0.3) is 5.91 Å². The summed E-state index contributed by atoms with van der Waals surface area (Å²) in [5, 5.41) is 10.5. The van der Waals surface area contributed by atoms with E-state index in [9.17, 15) is 19.2 Å². The van der Waals surface area contributed by atoms with E-state index in [1.54, 1.807) is 7.05 Å². The van der Waals surface area contributed by atoms with E-state index in [0.717, 1.165) is 28.2 Å². The van der Waals surface area contributed by atoms with Gasteiger partial charge in [0.05, 0.1) is 23.4 Å². The third-order valence-electron chi connectivity index (χ3n) is 5.17. The summed E-state index contributed by atoms with van der Waals surface area (Å²) in [6.45, 7) is 2.11. The number of nitrogens with zero attached hydrogens (tertiary/aromatic N) is 3. The maximum atomic E-state index is 13.8. The fourth-order valence-corrected chi connectivity index (χ4v) is 3.64. The molecule has 0 fully saturated rings. The first-order valence-corrected chi connectivity index (χ1v) is 9.63. The molecule has 2 heterocycles. The number of aromatic amines is 1. The van der Waals surface area contributed by atoms with E-state index in [2.05, 4.69) is 4.98 Å². The van der Waals surface area contributed by atoms with E-state index in [0.29, 0.717) is 5.69 Å². The summed E-state index contributed by atoms with van der Waals surface area (Å²) >= 11 is 0. The molecule has 0 aliphatic heterocycles. The van der Waals surface area contributed by atoms with Crippen LogP contribution in [0.4, 0.5) is 10.1 Å². The number of carbonyl (C=O) groups excluding carboxylic acids is 1. The highest BCUT2D eigenvalue weighted by atomic mass is 19.1. The van der Waals surface area contributed by atoms with Crippen LogP contribution in [0.25, 0.3) is 10.9 Å². The molecule has 0 bridgehead atoms. The van der Waals surface area contributed by atoms with Gasteiger partial charge in [-0.3, -0.25) is 9.59 Å². The van der Waals surface area contributed by atoms with Gasteiger partial charge >= 0.3 is 0 Å². The Kier molecular flexibility index (Phi) is 5.14. The van der Waals surface area contributed by atoms with E-state index >= 15 is 0 Å². The number of aromatic nitrogens is 2. The lowest BCUT2D eigenvalue weighted by molar-refractivity contribution is 0.0984. The topological polar surface area (TPSA) is 81.9 Å². The third-order valence-corrected chi connectivity index (χ3v) is 5.17. The van der Waals surface area contributed by atoms with Gasteiger partial charge in [-0.25, -0.2) is 4.39 Å². The summed E-state index contributed by atoms with van der Waals surface area (Å²) in [5.74, 6) is -0.957. The first-order valence-electron chi connectivity index (χ1n) is 9.63. The van der Waals surface area contributed by atoms with Crippen LogP contribution in [0.2, 0.25) is 0 Å². The third kappa shape index (κ3) is 3.83. The molecule has 0 saturated heterocycles. The molecule has 2 aromatic carbocycles. The lowest BCUT2D eigenvalue weighted by Gasteiger charge is -2.25. The average Bonchev–Trinajstić information content (AvgIpc) is 3.14. The van der Waals surface area contributed by atoms with Gasteiger partial charge in [-0.1, -0.05) is 12.1 Å². The van der Waals surface area contributed by atoms with E-state index in [1.165, 1.54) is 39.9 Å². The number of halogens is 1. The molecule has 0 aliphatic rings. The van der Waals surface area contributed by atoms with Crippen molar-refractivity contribution in [2.24, 2.45) is 7.05 Å². The number of H-pyrrole nitrogens is 1. The molecule has 154 valence electrons. The van der Waals surface area contributed by atoms with Crippen molar-refractivity contribution in [3.05, 3.63) is 99.3 Å². The number of fused-ring (bicyclic) bond motifs is 1. The quantitative estimate of drug-likeness (QED) is 0.547. The Labute approximate surface area is 177 Å². The highest BCUT2D eigenvalue weighted by Gasteiger charge is 2.23. The molecule has 4 aromatic rings. The van der Waals surface area contributed by atoms with Gasteiger partial charge in [-0.05, 0) is 48.9 Å². The number of amides is 1. The molecule has 0 atom stereocenters. The summed E-state index contributed by atoms with van der Waals surface area (Å²) in [7, 11) is 1.56. The standard InChI is InChI=1S/C24H19FN4O2/c1-15-10-20-16(4-3-5-21(20)27-15)14-29(22-8-7-19(25)11-18(22)12-26)24(31)17-6-9-23(30)28(2)13-17/h3-11,13,27H,14H2,1-2H3. The van der Waals surface area contributed by atoms with Gasteiger partial charge in [0, 0.05) is 35.9 Å². The molecule has 31 heavy (non-hydrogen) atoms. The predicted molar refractivity (Wildman–Crippen MR) is 116 cm³/mol. The lowest BCUT2D eigenvalue weighted by atomic mass is 10.1. The van der Waals surface area contributed by atoms with Crippen LogP contribution in [0.5, 0.6) is 0 Å². The summed E-state index contributed by atoms with van der Waals surface area (Å²) < 4.78 is 15.1. The molecule has 1 N–H and O–H groups in total. The zero-order chi connectivity index (χ0) is 22.1. The van der Waals surface area contributed by atoms with Crippen molar-refractivity contribution >= 4 is 22.5 Å². The molecule has 0 saturated carbocycles. The van der Waals surface area contributed by atoms with Crippen LogP contribution in [0.3, 0.4) is 0 Å². The number of benzene rings is 2. The molecule has 0 radical (unpaired) electrons. The molecule has 0 unspecified atom stereocenters. The van der Waals surface area contributed by atoms with Gasteiger partial charge in [-0.15, -0.1) is 0 Å². The SMILES string of the molecule is Cc1cc2c(CN(C(=O)c3ccc(=O)n(C)c3)c3ccc(F)cc3C#N)cccc2[nH]1. The van der Waals surface area contributed by atoms with Crippen molar-refractivity contribution in [2.75, 3.05) is 4.90 Å². The number of hydrogen-bond donors (Lipinski definition) is 1. The van der Waals surface area contributed by atoms with Crippen LogP contribution in [-0.2, 0) is 13.6 Å². The summed E-state index contributed by atoms with van der Waals surface area (Å²) in [5.41, 5.74) is 3.18. The Balaban J connectivity index is 1.86. The lowest BCUT2D eigenvalue weighted by Crippen LogP contribution is -2.32. The van der Waals surface area contributed by atoms with Crippen molar-refractivity contribution in [1.29, 1.82) is 5.26 Å². The Morgan fingerprint density at radius 2 is 2.00 bits per heavy atom. The number of carbonyl (C=O) groups is 1. The normalized spacial score (nSPS) is 10.8. The molecular weight excluding hydrogens is 395 g/mol. The Hall–Kier alpha value is -4.18. The van der Waals surface area contributed by atoms with E-state index in [4.69, 9.17) is 0 Å². The zero-order valence-corrected chi connectivity index (χ0v) is 17.0. The number of aryl methyl sites for hydroxylation is 2. The molecule has 7 heteroatoms. The fourth-order valence-electron chi connectivity index (χ4n) is 3.64. The molecule has 4 rings (SSSR count). The molecule has 2 aromatic heterocycles. The minimum absolute atomic E-state index is 0.0515. The monoisotopic (exact) mass is 414 g/mol. The molecular formula is C24H19FN4O2. The first kappa shape index (κ1) is 20.1. The smallest absolute Gasteiger partial charge is 0.260 e. The van der Waals surface area contributed by atoms with E-state index in [-0.39, 0.29) is 23.2 Å². The number of rotatable bonds is 4. The van der Waals surface area contributed by atoms with Crippen LogP contribution >= 0.6 is 0 Å². The van der Waals surface area contributed by atoms with Crippen LogP contribution in [0, 0.1) is 24.1 Å². The van der Waals surface area contributed by atoms with Crippen molar-refractivity contribution in [3.8, 4) is 6.07 Å². The van der Waals surface area contributed by atoms with Gasteiger partial charge in [0.2, 0.25) is 5.56 Å². The molecule has 0 spiro atoms. The predicted octanol–water partition coefficient (Wildman–Crippen LogP) is 4.03. The van der Waals surface area contributed by atoms with Crippen LogP contribution < -0.4 is 10.5 Å². The van der Waals surface area contributed by atoms with Gasteiger partial charge in [0.15, 0.2) is 0 Å². The van der Waals surface area contributed by atoms with Crippen LogP contribution in [0.15, 0.2) is 65.6 Å². The minimum Gasteiger partial charge on any atom is -0.359 e. The van der Waals surface area contributed by atoms with Crippen molar-refractivity contribution in [1.82, 2.24) is 9.55 Å². The summed E-state index contributed by atoms with van der Waals surface area (Å²) in [6, 6.07) is 16.2. The van der Waals surface area contributed by atoms with E-state index in [1.807, 2.05) is 37.3 Å². The van der Waals surface area contributed by atoms with Gasteiger partial charge in [0.1, 0.15) is 11.9 Å². The minimum atomic E-state index is -0.557. The Bertz CT molecular complexity index is 1410. The van der Waals surface area contributed by atoms with Crippen LogP contribution in [0.1, 0.15) is 27.2 Å². The molecule has 6 nitrogen and oxygen atoms in total. The van der Waals surface area contributed by atoms with Crippen molar-refractivity contribution in [2.45, 2.75) is 13.5 Å². The zero-order valence-electron chi connectivity index (χ0n) is 17.0. The second-order valence-corrected chi connectivity index (χ2v) is 7.36. The molecule has 0 aliphatic carbocycles. The van der Waals surface area contributed by atoms with Gasteiger partial charge < -0.3 is 14.5 Å². The van der Waals surface area contributed by atoms with Crippen LogP contribution in [-0.4, -0.2) is 15.5 Å². The van der Waals surface area contributed by atoms with Crippen molar-refractivity contribution < 1.29 is 9.18 Å². The van der Waals surface area contributed by atoms with Gasteiger partial charge in [-0.2, -0.15) is 5.26 Å². The maximum Gasteiger partial charge on any atom is 0.260 e.